The van der Waals surface area contributed by atoms with Gasteiger partial charge in [-0.15, -0.1) is 0 Å². The zero-order valence-electron chi connectivity index (χ0n) is 2.14. The summed E-state index contributed by atoms with van der Waals surface area (Å²) in [7, 11) is -2.60. The first-order valence-corrected chi connectivity index (χ1v) is 1.43. The molecule has 3 nitrogen and oxygen atoms in total. The van der Waals surface area contributed by atoms with Crippen molar-refractivity contribution in [3.05, 3.63) is 0 Å². The van der Waals surface area contributed by atoms with Crippen LogP contribution in [0.1, 0.15) is 0 Å². The van der Waals surface area contributed by atoms with Crippen LogP contribution in [0.2, 0.25) is 0 Å². The van der Waals surface area contributed by atoms with Crippen LogP contribution in [-0.4, -0.2) is 32.0 Å². The fourth-order valence-electron chi connectivity index (χ4n) is 0. The van der Waals surface area contributed by atoms with Gasteiger partial charge < -0.3 is 9.32 Å². The molecule has 0 amide bonds. The molecule has 0 bridgehead atoms. The fourth-order valence-corrected chi connectivity index (χ4v) is 0. The van der Waals surface area contributed by atoms with Crippen molar-refractivity contribution in [2.24, 2.45) is 0 Å². The summed E-state index contributed by atoms with van der Waals surface area (Å²) < 4.78 is 24.0. The molecule has 0 atom stereocenters. The van der Waals surface area contributed by atoms with E-state index in [1.54, 1.807) is 0 Å². The Bertz CT molecular complexity index is 11.6. The van der Waals surface area contributed by atoms with Gasteiger partial charge >= 0.3 is 0 Å². The van der Waals surface area contributed by atoms with Gasteiger partial charge in [-0.25, -0.2) is 0 Å². The molecule has 0 aromatic heterocycles. The van der Waals surface area contributed by atoms with Crippen molar-refractivity contribution in [3.63, 3.8) is 0 Å². The van der Waals surface area contributed by atoms with E-state index in [-0.39, 0.29) is 27.3 Å². The molecule has 5 heavy (non-hydrogen) atoms. The van der Waals surface area contributed by atoms with Crippen LogP contribution in [0.4, 0.5) is 0 Å². The molecule has 0 aromatic rings. The minimum absolute atomic E-state index is 0. The Morgan fingerprint density at radius 3 is 1.40 bits per heavy atom. The zero-order valence-corrected chi connectivity index (χ0v) is 6.79. The van der Waals surface area contributed by atoms with E-state index in [4.69, 9.17) is 14.0 Å². The van der Waals surface area contributed by atoms with E-state index >= 15 is 0 Å². The molecule has 0 heterocycles. The van der Waals surface area contributed by atoms with Crippen LogP contribution in [0.15, 0.2) is 0 Å². The maximum absolute atomic E-state index is 8.52. The van der Waals surface area contributed by atoms with Crippen molar-refractivity contribution in [1.29, 1.82) is 0 Å². The first-order chi connectivity index (χ1) is 1.73. The van der Waals surface area contributed by atoms with Crippen molar-refractivity contribution in [2.75, 3.05) is 0 Å². The predicted molar refractivity (Wildman–Crippen MR) is 7.97 cm³/mol. The average Bonchev–Trinajstić information content (AvgIpc) is 0.811. The summed E-state index contributed by atoms with van der Waals surface area (Å²) in [5, 5.41) is 0. The Morgan fingerprint density at radius 1 is 1.40 bits per heavy atom. The molecule has 30 valence electrons. The molecule has 4 radical (unpaired) electrons. The SMILES string of the molecule is [O-][Cl+2]([O-])O.[Pb]. The molecule has 0 aromatic carbocycles. The summed E-state index contributed by atoms with van der Waals surface area (Å²) in [6.45, 7) is 0. The van der Waals surface area contributed by atoms with Gasteiger partial charge in [0.2, 0.25) is 0 Å². The van der Waals surface area contributed by atoms with E-state index in [1.807, 2.05) is 0 Å². The van der Waals surface area contributed by atoms with Gasteiger partial charge in [-0.1, -0.05) is 0 Å². The van der Waals surface area contributed by atoms with Crippen LogP contribution in [-0.2, 0) is 0 Å². The van der Waals surface area contributed by atoms with E-state index in [9.17, 15) is 0 Å². The third-order valence-electron chi connectivity index (χ3n) is 0. The normalized spacial score (nSPS) is 7.20. The van der Waals surface area contributed by atoms with Crippen molar-refractivity contribution in [3.8, 4) is 0 Å². The first kappa shape index (κ1) is 9.43. The van der Waals surface area contributed by atoms with Gasteiger partial charge in [0.15, 0.2) is 0 Å². The molecule has 0 saturated heterocycles. The second-order valence-corrected chi connectivity index (χ2v) is 0.603. The van der Waals surface area contributed by atoms with Crippen molar-refractivity contribution in [2.45, 2.75) is 0 Å². The van der Waals surface area contributed by atoms with E-state index in [0.717, 1.165) is 0 Å². The molecule has 0 aliphatic carbocycles. The molecule has 0 aliphatic heterocycles. The van der Waals surface area contributed by atoms with Gasteiger partial charge in [-0.3, -0.25) is 0 Å². The van der Waals surface area contributed by atoms with Gasteiger partial charge in [0, 0.05) is 32.0 Å². The van der Waals surface area contributed by atoms with Crippen LogP contribution in [0, 0.1) is 10.8 Å². The number of rotatable bonds is 0. The fraction of sp³-hybridized carbons (Fsp3) is 0. The summed E-state index contributed by atoms with van der Waals surface area (Å²) in [6.07, 6.45) is 0. The maximum Gasteiger partial charge on any atom is 0.282 e. The van der Waals surface area contributed by atoms with E-state index < -0.39 is 10.8 Å². The molecule has 0 fully saturated rings. The Labute approximate surface area is 52.2 Å². The molecule has 0 unspecified atom stereocenters. The quantitative estimate of drug-likeness (QED) is 0.475. The predicted octanol–water partition coefficient (Wildman–Crippen LogP) is -3.32. The molecule has 0 saturated carbocycles. The maximum atomic E-state index is 8.52. The van der Waals surface area contributed by atoms with Gasteiger partial charge in [0.05, 0.1) is 0 Å². The van der Waals surface area contributed by atoms with Crippen LogP contribution < -0.4 is 9.32 Å². The van der Waals surface area contributed by atoms with Gasteiger partial charge in [-0.05, 0) is 0 Å². The first-order valence-electron chi connectivity index (χ1n) is 0.478. The van der Waals surface area contributed by atoms with Gasteiger partial charge in [0.1, 0.15) is 0 Å². The van der Waals surface area contributed by atoms with Crippen molar-refractivity contribution < 1.29 is 24.8 Å². The number of hydrogen-bond acceptors (Lipinski definition) is 3. The van der Waals surface area contributed by atoms with Crippen molar-refractivity contribution >= 4 is 27.3 Å². The summed E-state index contributed by atoms with van der Waals surface area (Å²) in [5.74, 6) is 0. The van der Waals surface area contributed by atoms with Gasteiger partial charge in [-0.2, -0.15) is 0 Å². The molecule has 0 rings (SSSR count). The summed E-state index contributed by atoms with van der Waals surface area (Å²) >= 11 is 0. The largest absolute Gasteiger partial charge is 0.321 e. The van der Waals surface area contributed by atoms with Crippen LogP contribution in [0.5, 0.6) is 0 Å². The molecule has 0 aliphatic rings. The Balaban J connectivity index is 0. The van der Waals surface area contributed by atoms with Crippen LogP contribution in [0.25, 0.3) is 0 Å². The van der Waals surface area contributed by atoms with E-state index in [0.29, 0.717) is 0 Å². The minimum atomic E-state index is -2.60. The molecule has 0 spiro atoms. The second kappa shape index (κ2) is 5.09. The zero-order chi connectivity index (χ0) is 3.58. The molecular weight excluding hydrogens is 291 g/mol. The van der Waals surface area contributed by atoms with E-state index in [1.165, 1.54) is 0 Å². The smallest absolute Gasteiger partial charge is 0.282 e. The third-order valence-corrected chi connectivity index (χ3v) is 0. The van der Waals surface area contributed by atoms with E-state index in [2.05, 4.69) is 0 Å². The monoisotopic (exact) mass is 292 g/mol. The third kappa shape index (κ3) is 40.8. The summed E-state index contributed by atoms with van der Waals surface area (Å²) in [6, 6.07) is 0. The Hall–Kier alpha value is 1.09. The second-order valence-electron chi connectivity index (χ2n) is 0.201. The average molecular weight is 292 g/mol. The van der Waals surface area contributed by atoms with Crippen molar-refractivity contribution in [1.82, 2.24) is 0 Å². The molecular formula is HClO3Pb. The summed E-state index contributed by atoms with van der Waals surface area (Å²) in [5.41, 5.74) is 0. The Kier molecular flexibility index (Phi) is 9.61. The number of halogens is 1. The minimum Gasteiger partial charge on any atom is -0.321 e. The van der Waals surface area contributed by atoms with Crippen LogP contribution >= 0.6 is 0 Å². The Morgan fingerprint density at radius 2 is 1.40 bits per heavy atom. The van der Waals surface area contributed by atoms with Gasteiger partial charge in [0.25, 0.3) is 10.8 Å². The molecule has 5 heteroatoms. The standard InChI is InChI=1S/ClHO3.Pb/c2-1(3)4;/h2H;. The number of hydrogen-bond donors (Lipinski definition) is 1. The summed E-state index contributed by atoms with van der Waals surface area (Å²) in [4.78, 5) is 0. The van der Waals surface area contributed by atoms with Crippen LogP contribution in [0.3, 0.4) is 0 Å². The molecule has 1 N–H and O–H groups in total. The topological polar surface area (TPSA) is 66.3 Å².